The van der Waals surface area contributed by atoms with Crippen molar-refractivity contribution in [2.24, 2.45) is 0 Å². The van der Waals surface area contributed by atoms with E-state index in [9.17, 15) is 4.79 Å². The molecule has 1 fully saturated rings. The molecule has 0 aromatic carbocycles. The third kappa shape index (κ3) is 4.02. The lowest BCUT2D eigenvalue weighted by atomic mass is 9.87. The van der Waals surface area contributed by atoms with Gasteiger partial charge in [-0.05, 0) is 73.0 Å². The molecule has 0 amide bonds. The average molecular weight is 362 g/mol. The number of hydrogen-bond donors (Lipinski definition) is 0. The van der Waals surface area contributed by atoms with Crippen LogP contribution in [0.4, 0.5) is 0 Å². The van der Waals surface area contributed by atoms with Crippen molar-refractivity contribution >= 4 is 17.9 Å². The Morgan fingerprint density at radius 1 is 0.593 bits per heavy atom. The third-order valence-electron chi connectivity index (χ3n) is 5.13. The van der Waals surface area contributed by atoms with Gasteiger partial charge in [-0.3, -0.25) is 14.8 Å². The van der Waals surface area contributed by atoms with E-state index in [1.807, 2.05) is 53.7 Å². The van der Waals surface area contributed by atoms with Crippen molar-refractivity contribution in [2.45, 2.75) is 60.8 Å². The van der Waals surface area contributed by atoms with Crippen LogP contribution in [-0.4, -0.2) is 25.7 Å². The van der Waals surface area contributed by atoms with Gasteiger partial charge in [0.15, 0.2) is 5.78 Å². The lowest BCUT2D eigenvalue weighted by Crippen LogP contribution is -2.13. The van der Waals surface area contributed by atoms with Crippen molar-refractivity contribution in [3.63, 3.8) is 0 Å². The van der Waals surface area contributed by atoms with Crippen molar-refractivity contribution in [2.75, 3.05) is 0 Å². The summed E-state index contributed by atoms with van der Waals surface area (Å²) in [6.45, 7) is 11.7. The minimum Gasteiger partial charge on any atom is -0.289 e. The summed E-state index contributed by atoms with van der Waals surface area (Å²) in [5, 5.41) is 0. The van der Waals surface area contributed by atoms with Gasteiger partial charge in [-0.2, -0.15) is 0 Å². The summed E-state index contributed by atoms with van der Waals surface area (Å²) in [6, 6.07) is 0. The van der Waals surface area contributed by atoms with Crippen LogP contribution in [0, 0.1) is 41.5 Å². The largest absolute Gasteiger partial charge is 0.289 e. The summed E-state index contributed by atoms with van der Waals surface area (Å²) in [7, 11) is 0. The number of allylic oxidation sites excluding steroid dienone is 2. The molecule has 0 radical (unpaired) electrons. The molecular weight excluding hydrogens is 336 g/mol. The van der Waals surface area contributed by atoms with Crippen LogP contribution in [0.3, 0.4) is 0 Å². The number of carbonyl (C=O) groups excluding carboxylic acids is 1. The summed E-state index contributed by atoms with van der Waals surface area (Å²) in [6.07, 6.45) is 6.29. The van der Waals surface area contributed by atoms with Gasteiger partial charge in [-0.15, -0.1) is 0 Å². The molecule has 0 spiro atoms. The normalized spacial score (nSPS) is 17.8. The molecule has 2 heterocycles. The zero-order chi connectivity index (χ0) is 19.7. The van der Waals surface area contributed by atoms with Crippen LogP contribution in [-0.2, 0) is 4.79 Å². The van der Waals surface area contributed by atoms with Gasteiger partial charge < -0.3 is 0 Å². The first kappa shape index (κ1) is 19.1. The number of aromatic nitrogens is 4. The Labute approximate surface area is 160 Å². The van der Waals surface area contributed by atoms with Gasteiger partial charge in [0.2, 0.25) is 0 Å². The highest BCUT2D eigenvalue weighted by Crippen LogP contribution is 2.28. The van der Waals surface area contributed by atoms with E-state index in [1.165, 1.54) is 0 Å². The second kappa shape index (κ2) is 7.51. The molecular formula is C22H26N4O. The van der Waals surface area contributed by atoms with Gasteiger partial charge in [-0.1, -0.05) is 0 Å². The Kier molecular flexibility index (Phi) is 5.31. The van der Waals surface area contributed by atoms with Crippen LogP contribution in [0.5, 0.6) is 0 Å². The van der Waals surface area contributed by atoms with E-state index < -0.39 is 0 Å². The summed E-state index contributed by atoms with van der Waals surface area (Å²) < 4.78 is 0. The number of rotatable bonds is 2. The van der Waals surface area contributed by atoms with E-state index >= 15 is 0 Å². The van der Waals surface area contributed by atoms with Gasteiger partial charge >= 0.3 is 0 Å². The van der Waals surface area contributed by atoms with Crippen molar-refractivity contribution in [1.82, 2.24) is 19.9 Å². The molecule has 0 N–H and O–H groups in total. The quantitative estimate of drug-likeness (QED) is 0.744. The van der Waals surface area contributed by atoms with Crippen molar-refractivity contribution in [3.8, 4) is 0 Å². The number of carbonyl (C=O) groups is 1. The first-order chi connectivity index (χ1) is 12.8. The summed E-state index contributed by atoms with van der Waals surface area (Å²) in [4.78, 5) is 31.3. The molecule has 1 aliphatic rings. The second-order valence-electron chi connectivity index (χ2n) is 7.25. The van der Waals surface area contributed by atoms with Crippen LogP contribution in [0.25, 0.3) is 12.2 Å². The lowest BCUT2D eigenvalue weighted by Gasteiger charge is -2.17. The molecule has 140 valence electrons. The molecule has 0 aliphatic heterocycles. The third-order valence-corrected chi connectivity index (χ3v) is 5.13. The molecule has 0 atom stereocenters. The maximum Gasteiger partial charge on any atom is 0.185 e. The van der Waals surface area contributed by atoms with E-state index in [-0.39, 0.29) is 5.78 Å². The topological polar surface area (TPSA) is 68.6 Å². The van der Waals surface area contributed by atoms with E-state index in [0.717, 1.165) is 76.0 Å². The van der Waals surface area contributed by atoms with Crippen molar-refractivity contribution < 1.29 is 4.79 Å². The van der Waals surface area contributed by atoms with Crippen molar-refractivity contribution in [3.05, 3.63) is 56.7 Å². The van der Waals surface area contributed by atoms with Gasteiger partial charge in [0.1, 0.15) is 0 Å². The van der Waals surface area contributed by atoms with Gasteiger partial charge in [0.25, 0.3) is 0 Å². The molecule has 1 saturated carbocycles. The summed E-state index contributed by atoms with van der Waals surface area (Å²) in [5.41, 5.74) is 8.50. The average Bonchev–Trinajstić information content (AvgIpc) is 2.60. The van der Waals surface area contributed by atoms with Crippen LogP contribution in [0.15, 0.2) is 11.1 Å². The van der Waals surface area contributed by atoms with Gasteiger partial charge in [0, 0.05) is 11.1 Å². The maximum absolute atomic E-state index is 13.0. The number of ketones is 1. The Balaban J connectivity index is 1.97. The van der Waals surface area contributed by atoms with E-state index in [0.29, 0.717) is 0 Å². The minimum absolute atomic E-state index is 0.0834. The zero-order valence-corrected chi connectivity index (χ0v) is 17.0. The first-order valence-corrected chi connectivity index (χ1v) is 9.35. The molecule has 3 rings (SSSR count). The van der Waals surface area contributed by atoms with E-state index in [1.54, 1.807) is 0 Å². The summed E-state index contributed by atoms with van der Waals surface area (Å²) in [5.74, 6) is 0.0834. The first-order valence-electron chi connectivity index (χ1n) is 9.35. The Hall–Kier alpha value is -2.69. The fourth-order valence-corrected chi connectivity index (χ4v) is 3.25. The standard InChI is InChI=1S/C22H26N4O/c1-12-14(3)25-20(16(5)23-12)10-18-8-7-9-19(22(18)27)11-21-17(6)24-13(2)15(4)26-21/h10-11H,7-9H2,1-6H3/b18-10+,19-11+. The minimum atomic E-state index is 0.0834. The molecule has 0 unspecified atom stereocenters. The fraction of sp³-hybridized carbons (Fsp3) is 0.409. The Bertz CT molecular complexity index is 909. The monoisotopic (exact) mass is 362 g/mol. The Morgan fingerprint density at radius 2 is 0.963 bits per heavy atom. The van der Waals surface area contributed by atoms with Gasteiger partial charge in [0.05, 0.1) is 45.6 Å². The second-order valence-corrected chi connectivity index (χ2v) is 7.25. The molecule has 27 heavy (non-hydrogen) atoms. The van der Waals surface area contributed by atoms with Crippen molar-refractivity contribution in [1.29, 1.82) is 0 Å². The molecule has 0 bridgehead atoms. The maximum atomic E-state index is 13.0. The van der Waals surface area contributed by atoms with Gasteiger partial charge in [-0.25, -0.2) is 9.97 Å². The van der Waals surface area contributed by atoms with Crippen LogP contribution in [0.2, 0.25) is 0 Å². The highest BCUT2D eigenvalue weighted by Gasteiger charge is 2.22. The number of nitrogens with zero attached hydrogens (tertiary/aromatic N) is 4. The highest BCUT2D eigenvalue weighted by molar-refractivity contribution is 6.13. The van der Waals surface area contributed by atoms with E-state index in [4.69, 9.17) is 0 Å². The summed E-state index contributed by atoms with van der Waals surface area (Å²) >= 11 is 0. The number of aryl methyl sites for hydroxylation is 6. The molecule has 0 saturated heterocycles. The molecule has 5 nitrogen and oxygen atoms in total. The highest BCUT2D eigenvalue weighted by atomic mass is 16.1. The predicted octanol–water partition coefficient (Wildman–Crippen LogP) is 4.34. The van der Waals surface area contributed by atoms with E-state index in [2.05, 4.69) is 19.9 Å². The zero-order valence-electron chi connectivity index (χ0n) is 17.0. The molecule has 2 aromatic rings. The smallest absolute Gasteiger partial charge is 0.185 e. The molecule has 1 aliphatic carbocycles. The molecule has 5 heteroatoms. The number of Topliss-reactive ketones (excluding diaryl/α,β-unsaturated/α-hetero) is 1. The molecule has 2 aromatic heterocycles. The number of hydrogen-bond acceptors (Lipinski definition) is 5. The Morgan fingerprint density at radius 3 is 1.37 bits per heavy atom. The van der Waals surface area contributed by atoms with Crippen LogP contribution < -0.4 is 0 Å². The van der Waals surface area contributed by atoms with Crippen LogP contribution >= 0.6 is 0 Å². The van der Waals surface area contributed by atoms with Crippen LogP contribution in [0.1, 0.15) is 64.8 Å². The fourth-order valence-electron chi connectivity index (χ4n) is 3.25. The predicted molar refractivity (Wildman–Crippen MR) is 107 cm³/mol. The SMILES string of the molecule is Cc1nc(C)c(/C=C2\CCC/C(=C\c3nc(C)c(C)nc3C)C2=O)nc1C. The lowest BCUT2D eigenvalue weighted by molar-refractivity contribution is -0.112.